The van der Waals surface area contributed by atoms with Crippen molar-refractivity contribution in [1.82, 2.24) is 4.57 Å². The lowest BCUT2D eigenvalue weighted by Gasteiger charge is -2.31. The second kappa shape index (κ2) is 5.59. The van der Waals surface area contributed by atoms with E-state index in [1.165, 1.54) is 71.0 Å². The zero-order valence-corrected chi connectivity index (χ0v) is 15.7. The monoisotopic (exact) mass is 353 g/mol. The van der Waals surface area contributed by atoms with Crippen molar-refractivity contribution in [3.8, 4) is 5.69 Å². The molecule has 1 saturated carbocycles. The summed E-state index contributed by atoms with van der Waals surface area (Å²) in [5, 5.41) is 2.58. The highest BCUT2D eigenvalue weighted by molar-refractivity contribution is 6.03. The van der Waals surface area contributed by atoms with E-state index in [4.69, 9.17) is 0 Å². The fourth-order valence-corrected chi connectivity index (χ4v) is 5.11. The molecule has 3 aromatic carbocycles. The Hall–Kier alpha value is -2.81. The molecule has 1 aliphatic heterocycles. The van der Waals surface area contributed by atoms with Crippen LogP contribution in [0.4, 0.5) is 11.4 Å². The lowest BCUT2D eigenvalue weighted by atomic mass is 9.95. The quantitative estimate of drug-likeness (QED) is 0.327. The van der Waals surface area contributed by atoms with E-state index < -0.39 is 0 Å². The van der Waals surface area contributed by atoms with Gasteiger partial charge < -0.3 is 14.0 Å². The number of hydrogen-bond donors (Lipinski definition) is 0. The molecule has 4 aromatic rings. The second-order valence-corrected chi connectivity index (χ2v) is 7.96. The summed E-state index contributed by atoms with van der Waals surface area (Å²) in [6, 6.07) is 20.4. The molecule has 1 aromatic heterocycles. The summed E-state index contributed by atoms with van der Waals surface area (Å²) >= 11 is 0. The minimum absolute atomic E-state index is 0.574. The molecule has 2 aliphatic rings. The van der Waals surface area contributed by atoms with Crippen LogP contribution in [0.15, 0.2) is 54.6 Å². The largest absolute Gasteiger partial charge is 0.353 e. The SMILES string of the molecule is CN1c2c(ccc3ccccc23)-[n+]2[c-]n(C3CCCCC3)c3cccc1c32. The van der Waals surface area contributed by atoms with Crippen LogP contribution in [0.5, 0.6) is 0 Å². The molecule has 27 heavy (non-hydrogen) atoms. The van der Waals surface area contributed by atoms with Crippen LogP contribution in [-0.4, -0.2) is 11.6 Å². The fourth-order valence-electron chi connectivity index (χ4n) is 5.11. The molecule has 0 amide bonds. The summed E-state index contributed by atoms with van der Waals surface area (Å²) in [7, 11) is 2.20. The van der Waals surface area contributed by atoms with E-state index in [0.717, 1.165) is 0 Å². The predicted molar refractivity (Wildman–Crippen MR) is 110 cm³/mol. The molecule has 1 fully saturated rings. The fraction of sp³-hybridized carbons (Fsp3) is 0.292. The van der Waals surface area contributed by atoms with Crippen LogP contribution in [0.25, 0.3) is 27.5 Å². The Bertz CT molecular complexity index is 1180. The zero-order valence-electron chi connectivity index (χ0n) is 15.7. The van der Waals surface area contributed by atoms with Crippen molar-refractivity contribution < 1.29 is 4.57 Å². The van der Waals surface area contributed by atoms with E-state index in [1.807, 2.05) is 0 Å². The molecule has 0 N–H and O–H groups in total. The molecule has 1 aliphatic carbocycles. The Morgan fingerprint density at radius 1 is 0.926 bits per heavy atom. The number of para-hydroxylation sites is 1. The predicted octanol–water partition coefficient (Wildman–Crippen LogP) is 5.46. The molecule has 0 bridgehead atoms. The van der Waals surface area contributed by atoms with E-state index in [0.29, 0.717) is 6.04 Å². The van der Waals surface area contributed by atoms with Crippen LogP contribution in [0.2, 0.25) is 0 Å². The van der Waals surface area contributed by atoms with Crippen molar-refractivity contribution in [2.24, 2.45) is 0 Å². The van der Waals surface area contributed by atoms with Gasteiger partial charge in [0.25, 0.3) is 0 Å². The standard InChI is InChI=1S/C24H23N3/c1-25-20-12-7-13-21-24(20)27(16-26(21)18-9-3-2-4-10-18)22-15-14-17-8-5-6-11-19(17)23(22)25/h5-8,11-15,18H,2-4,9-10H2,1H3. The first-order chi connectivity index (χ1) is 13.3. The summed E-state index contributed by atoms with van der Waals surface area (Å²) in [5.41, 5.74) is 6.37. The Morgan fingerprint density at radius 3 is 2.67 bits per heavy atom. The topological polar surface area (TPSA) is 12.1 Å². The van der Waals surface area contributed by atoms with Crippen LogP contribution >= 0.6 is 0 Å². The summed E-state index contributed by atoms with van der Waals surface area (Å²) < 4.78 is 4.73. The first kappa shape index (κ1) is 15.3. The molecule has 0 saturated heterocycles. The van der Waals surface area contributed by atoms with Gasteiger partial charge in [0.1, 0.15) is 0 Å². The number of rotatable bonds is 1. The van der Waals surface area contributed by atoms with Crippen molar-refractivity contribution in [3.63, 3.8) is 0 Å². The molecular formula is C24H23N3. The molecule has 2 heterocycles. The lowest BCUT2D eigenvalue weighted by molar-refractivity contribution is -0.572. The maximum Gasteiger partial charge on any atom is 0.244 e. The Balaban J connectivity index is 1.68. The second-order valence-electron chi connectivity index (χ2n) is 7.96. The van der Waals surface area contributed by atoms with Gasteiger partial charge >= 0.3 is 0 Å². The van der Waals surface area contributed by atoms with Crippen LogP contribution in [-0.2, 0) is 0 Å². The van der Waals surface area contributed by atoms with Gasteiger partial charge in [-0.3, -0.25) is 0 Å². The van der Waals surface area contributed by atoms with Crippen molar-refractivity contribution in [3.05, 3.63) is 60.9 Å². The van der Waals surface area contributed by atoms with Gasteiger partial charge in [-0.25, -0.2) is 0 Å². The van der Waals surface area contributed by atoms with Gasteiger partial charge in [-0.2, -0.15) is 0 Å². The average Bonchev–Trinajstić information content (AvgIpc) is 3.12. The van der Waals surface area contributed by atoms with Gasteiger partial charge in [0, 0.05) is 12.7 Å². The van der Waals surface area contributed by atoms with Crippen molar-refractivity contribution >= 4 is 33.2 Å². The first-order valence-corrected chi connectivity index (χ1v) is 10.1. The highest BCUT2D eigenvalue weighted by Crippen LogP contribution is 2.42. The maximum atomic E-state index is 3.75. The van der Waals surface area contributed by atoms with Gasteiger partial charge in [-0.1, -0.05) is 55.0 Å². The third-order valence-corrected chi connectivity index (χ3v) is 6.44. The molecule has 6 rings (SSSR count). The molecule has 134 valence electrons. The van der Waals surface area contributed by atoms with E-state index >= 15 is 0 Å². The number of benzene rings is 3. The number of fused-ring (bicyclic) bond motifs is 4. The van der Waals surface area contributed by atoms with Gasteiger partial charge in [0.2, 0.25) is 6.33 Å². The summed E-state index contributed by atoms with van der Waals surface area (Å²) in [6.07, 6.45) is 10.3. The molecule has 3 heteroatoms. The number of aromatic nitrogens is 2. The van der Waals surface area contributed by atoms with Gasteiger partial charge in [-0.05, 0) is 42.5 Å². The molecule has 0 spiro atoms. The van der Waals surface area contributed by atoms with Gasteiger partial charge in [-0.15, -0.1) is 0 Å². The van der Waals surface area contributed by atoms with Gasteiger partial charge in [0.05, 0.1) is 28.5 Å². The number of anilines is 2. The van der Waals surface area contributed by atoms with Gasteiger partial charge in [0.15, 0.2) is 0 Å². The Labute approximate surface area is 159 Å². The summed E-state index contributed by atoms with van der Waals surface area (Å²) in [6.45, 7) is 0. The van der Waals surface area contributed by atoms with Crippen LogP contribution in [0.3, 0.4) is 0 Å². The number of nitrogens with zero attached hydrogens (tertiary/aromatic N) is 3. The third-order valence-electron chi connectivity index (χ3n) is 6.44. The highest BCUT2D eigenvalue weighted by Gasteiger charge is 2.27. The van der Waals surface area contributed by atoms with E-state index in [9.17, 15) is 0 Å². The Kier molecular flexibility index (Phi) is 3.16. The maximum absolute atomic E-state index is 3.75. The zero-order chi connectivity index (χ0) is 18.0. The molecular weight excluding hydrogens is 330 g/mol. The van der Waals surface area contributed by atoms with Crippen molar-refractivity contribution in [2.45, 2.75) is 38.1 Å². The molecule has 0 unspecified atom stereocenters. The molecule has 3 nitrogen and oxygen atoms in total. The minimum Gasteiger partial charge on any atom is -0.353 e. The molecule has 0 atom stereocenters. The molecule has 0 radical (unpaired) electrons. The van der Waals surface area contributed by atoms with Crippen LogP contribution in [0, 0.1) is 6.33 Å². The normalized spacial score (nSPS) is 16.9. The van der Waals surface area contributed by atoms with E-state index in [1.54, 1.807) is 0 Å². The number of hydrogen-bond acceptors (Lipinski definition) is 1. The average molecular weight is 353 g/mol. The van der Waals surface area contributed by atoms with E-state index in [-0.39, 0.29) is 0 Å². The summed E-state index contributed by atoms with van der Waals surface area (Å²) in [4.78, 5) is 2.36. The van der Waals surface area contributed by atoms with Crippen molar-refractivity contribution in [2.75, 3.05) is 11.9 Å². The van der Waals surface area contributed by atoms with E-state index in [2.05, 4.69) is 82.0 Å². The first-order valence-electron chi connectivity index (χ1n) is 10.1. The minimum atomic E-state index is 0.574. The van der Waals surface area contributed by atoms with Crippen molar-refractivity contribution in [1.29, 1.82) is 0 Å². The van der Waals surface area contributed by atoms with Crippen LogP contribution in [0.1, 0.15) is 38.1 Å². The summed E-state index contributed by atoms with van der Waals surface area (Å²) in [5.74, 6) is 0. The highest BCUT2D eigenvalue weighted by atomic mass is 15.2. The Morgan fingerprint density at radius 2 is 1.78 bits per heavy atom. The number of imidazole rings is 1. The third kappa shape index (κ3) is 2.05. The van der Waals surface area contributed by atoms with Crippen LogP contribution < -0.4 is 9.47 Å². The lowest BCUT2D eigenvalue weighted by Crippen LogP contribution is -2.37. The smallest absolute Gasteiger partial charge is 0.244 e.